The predicted molar refractivity (Wildman–Crippen MR) is 60.4 cm³/mol. The molecule has 0 aromatic heterocycles. The third-order valence-electron chi connectivity index (χ3n) is 4.18. The van der Waals surface area contributed by atoms with Gasteiger partial charge in [-0.2, -0.15) is 0 Å². The minimum Gasteiger partial charge on any atom is -0.317 e. The topological polar surface area (TPSA) is 15.3 Å². The average Bonchev–Trinajstić information content (AvgIpc) is 2.58. The maximum absolute atomic E-state index is 3.48. The molecule has 1 heterocycles. The van der Waals surface area contributed by atoms with Gasteiger partial charge in [0.25, 0.3) is 0 Å². The Kier molecular flexibility index (Phi) is 2.61. The molecule has 2 fully saturated rings. The number of nitrogens with one attached hydrogen (secondary N) is 1. The molecule has 1 aliphatic heterocycles. The fourth-order valence-electron chi connectivity index (χ4n) is 3.17. The van der Waals surface area contributed by atoms with Gasteiger partial charge in [0.15, 0.2) is 0 Å². The first-order valence-electron chi connectivity index (χ1n) is 5.94. The highest BCUT2D eigenvalue weighted by molar-refractivity contribution is 4.99. The van der Waals surface area contributed by atoms with Crippen molar-refractivity contribution in [3.63, 3.8) is 0 Å². The van der Waals surface area contributed by atoms with Crippen LogP contribution in [0.1, 0.15) is 33.6 Å². The molecule has 2 aliphatic rings. The van der Waals surface area contributed by atoms with Crippen molar-refractivity contribution < 1.29 is 0 Å². The number of hydrogen-bond donors (Lipinski definition) is 1. The van der Waals surface area contributed by atoms with E-state index in [0.717, 1.165) is 17.9 Å². The second kappa shape index (κ2) is 3.49. The van der Waals surface area contributed by atoms with E-state index in [4.69, 9.17) is 0 Å². The van der Waals surface area contributed by atoms with Crippen LogP contribution in [0.3, 0.4) is 0 Å². The minimum atomic E-state index is 0.364. The van der Waals surface area contributed by atoms with Gasteiger partial charge in [-0.05, 0) is 52.5 Å². The van der Waals surface area contributed by atoms with Crippen molar-refractivity contribution in [1.29, 1.82) is 0 Å². The molecule has 1 N–H and O–H groups in total. The lowest BCUT2D eigenvalue weighted by Gasteiger charge is -2.33. The molecule has 1 saturated heterocycles. The zero-order chi connectivity index (χ0) is 10.3. The average molecular weight is 196 g/mol. The first kappa shape index (κ1) is 10.4. The summed E-state index contributed by atoms with van der Waals surface area (Å²) < 4.78 is 0. The molecule has 0 unspecified atom stereocenters. The van der Waals surface area contributed by atoms with Gasteiger partial charge in [-0.15, -0.1) is 0 Å². The monoisotopic (exact) mass is 196 g/mol. The summed E-state index contributed by atoms with van der Waals surface area (Å²) in [6, 6.07) is 0.785. The molecule has 0 bridgehead atoms. The van der Waals surface area contributed by atoms with E-state index in [0.29, 0.717) is 5.54 Å². The van der Waals surface area contributed by atoms with Gasteiger partial charge in [-0.3, -0.25) is 4.90 Å². The van der Waals surface area contributed by atoms with Crippen molar-refractivity contribution in [2.45, 2.75) is 45.2 Å². The van der Waals surface area contributed by atoms with Crippen molar-refractivity contribution >= 4 is 0 Å². The first-order chi connectivity index (χ1) is 6.52. The summed E-state index contributed by atoms with van der Waals surface area (Å²) in [6.07, 6.45) is 2.83. The van der Waals surface area contributed by atoms with Gasteiger partial charge in [0, 0.05) is 24.7 Å². The molecule has 82 valence electrons. The maximum Gasteiger partial charge on any atom is 0.0125 e. The van der Waals surface area contributed by atoms with Crippen LogP contribution in [-0.4, -0.2) is 36.6 Å². The molecular formula is C12H24N2. The molecule has 2 heteroatoms. The zero-order valence-corrected chi connectivity index (χ0v) is 10.0. The van der Waals surface area contributed by atoms with Crippen molar-refractivity contribution in [3.8, 4) is 0 Å². The normalized spacial score (nSPS) is 39.0. The summed E-state index contributed by atoms with van der Waals surface area (Å²) in [5, 5.41) is 3.48. The van der Waals surface area contributed by atoms with Crippen LogP contribution in [0.2, 0.25) is 0 Å². The molecule has 1 saturated carbocycles. The number of fused-ring (bicyclic) bond motifs is 1. The highest BCUT2D eigenvalue weighted by atomic mass is 15.2. The Bertz CT molecular complexity index is 207. The summed E-state index contributed by atoms with van der Waals surface area (Å²) >= 11 is 0. The van der Waals surface area contributed by atoms with Gasteiger partial charge in [-0.25, -0.2) is 0 Å². The van der Waals surface area contributed by atoms with Crippen molar-refractivity contribution in [2.75, 3.05) is 20.1 Å². The molecule has 0 spiro atoms. The molecular weight excluding hydrogens is 172 g/mol. The lowest BCUT2D eigenvalue weighted by Crippen LogP contribution is -2.41. The highest BCUT2D eigenvalue weighted by Gasteiger charge is 2.44. The Balaban J connectivity index is 2.01. The van der Waals surface area contributed by atoms with Crippen molar-refractivity contribution in [1.82, 2.24) is 10.2 Å². The van der Waals surface area contributed by atoms with E-state index >= 15 is 0 Å². The third kappa shape index (κ3) is 1.70. The third-order valence-corrected chi connectivity index (χ3v) is 4.18. The number of likely N-dealkylation sites (tertiary alicyclic amines) is 1. The Morgan fingerprint density at radius 3 is 2.43 bits per heavy atom. The van der Waals surface area contributed by atoms with Crippen LogP contribution in [0, 0.1) is 11.8 Å². The molecule has 14 heavy (non-hydrogen) atoms. The van der Waals surface area contributed by atoms with Crippen LogP contribution in [0.15, 0.2) is 0 Å². The van der Waals surface area contributed by atoms with Gasteiger partial charge in [0.05, 0.1) is 0 Å². The van der Waals surface area contributed by atoms with Crippen molar-refractivity contribution in [2.24, 2.45) is 11.8 Å². The molecule has 0 amide bonds. The van der Waals surface area contributed by atoms with Crippen molar-refractivity contribution in [3.05, 3.63) is 0 Å². The van der Waals surface area contributed by atoms with E-state index in [1.165, 1.54) is 25.9 Å². The Morgan fingerprint density at radius 2 is 1.86 bits per heavy atom. The quantitative estimate of drug-likeness (QED) is 0.687. The fourth-order valence-corrected chi connectivity index (χ4v) is 3.17. The lowest BCUT2D eigenvalue weighted by atomic mass is 9.98. The van der Waals surface area contributed by atoms with Crippen LogP contribution in [0.5, 0.6) is 0 Å². The van der Waals surface area contributed by atoms with E-state index < -0.39 is 0 Å². The Hall–Kier alpha value is -0.0800. The highest BCUT2D eigenvalue weighted by Crippen LogP contribution is 2.40. The lowest BCUT2D eigenvalue weighted by molar-refractivity contribution is 0.158. The van der Waals surface area contributed by atoms with E-state index in [1.54, 1.807) is 0 Å². The van der Waals surface area contributed by atoms with Gasteiger partial charge in [-0.1, -0.05) is 0 Å². The standard InChI is InChI=1S/C12H24N2/c1-12(2,3)14-7-9-5-6-11(13-4)10(9)8-14/h9-11,13H,5-8H2,1-4H3/t9-,10-,11-/m1/s1. The maximum atomic E-state index is 3.48. The van der Waals surface area contributed by atoms with Gasteiger partial charge >= 0.3 is 0 Å². The summed E-state index contributed by atoms with van der Waals surface area (Å²) in [4.78, 5) is 2.66. The second-order valence-corrected chi connectivity index (χ2v) is 5.97. The molecule has 0 aromatic carbocycles. The van der Waals surface area contributed by atoms with Crippen LogP contribution in [0.25, 0.3) is 0 Å². The zero-order valence-electron chi connectivity index (χ0n) is 10.0. The number of nitrogens with zero attached hydrogens (tertiary/aromatic N) is 1. The number of rotatable bonds is 1. The number of hydrogen-bond acceptors (Lipinski definition) is 2. The molecule has 2 rings (SSSR count). The molecule has 2 nitrogen and oxygen atoms in total. The SMILES string of the molecule is CN[C@@H]1CC[C@@H]2CN(C(C)(C)C)C[C@H]21. The van der Waals surface area contributed by atoms with Gasteiger partial charge < -0.3 is 5.32 Å². The van der Waals surface area contributed by atoms with Crippen LogP contribution in [-0.2, 0) is 0 Å². The van der Waals surface area contributed by atoms with E-state index in [2.05, 4.69) is 38.0 Å². The summed E-state index contributed by atoms with van der Waals surface area (Å²) in [7, 11) is 2.12. The molecule has 1 aliphatic carbocycles. The van der Waals surface area contributed by atoms with E-state index in [9.17, 15) is 0 Å². The second-order valence-electron chi connectivity index (χ2n) is 5.97. The molecule has 3 atom stereocenters. The van der Waals surface area contributed by atoms with Gasteiger partial charge in [0.1, 0.15) is 0 Å². The van der Waals surface area contributed by atoms with Crippen LogP contribution >= 0.6 is 0 Å². The van der Waals surface area contributed by atoms with E-state index in [1.807, 2.05) is 0 Å². The fraction of sp³-hybridized carbons (Fsp3) is 1.00. The summed E-state index contributed by atoms with van der Waals surface area (Å²) in [5.41, 5.74) is 0.364. The Morgan fingerprint density at radius 1 is 1.14 bits per heavy atom. The summed E-state index contributed by atoms with van der Waals surface area (Å²) in [5.74, 6) is 1.88. The van der Waals surface area contributed by atoms with Crippen LogP contribution < -0.4 is 5.32 Å². The summed E-state index contributed by atoms with van der Waals surface area (Å²) in [6.45, 7) is 9.64. The minimum absolute atomic E-state index is 0.364. The molecule has 0 radical (unpaired) electrons. The van der Waals surface area contributed by atoms with Crippen LogP contribution in [0.4, 0.5) is 0 Å². The van der Waals surface area contributed by atoms with Gasteiger partial charge in [0.2, 0.25) is 0 Å². The predicted octanol–water partition coefficient (Wildman–Crippen LogP) is 1.71. The first-order valence-corrected chi connectivity index (χ1v) is 5.94. The van der Waals surface area contributed by atoms with E-state index in [-0.39, 0.29) is 0 Å². The molecule has 0 aromatic rings. The largest absolute Gasteiger partial charge is 0.317 e. The smallest absolute Gasteiger partial charge is 0.0125 e. The Labute approximate surface area is 88.1 Å².